The minimum Gasteiger partial charge on any atom is -0.478 e. The average molecular weight is 657 g/mol. The van der Waals surface area contributed by atoms with E-state index in [4.69, 9.17) is 34.3 Å². The van der Waals surface area contributed by atoms with Gasteiger partial charge in [-0.1, -0.05) is 0 Å². The highest BCUT2D eigenvalue weighted by Crippen LogP contribution is 2.32. The lowest BCUT2D eigenvalue weighted by Crippen LogP contribution is -2.58. The van der Waals surface area contributed by atoms with Crippen LogP contribution in [-0.4, -0.2) is 125 Å². The van der Waals surface area contributed by atoms with E-state index >= 15 is 0 Å². The van der Waals surface area contributed by atoms with E-state index in [9.17, 15) is 45.3 Å². The summed E-state index contributed by atoms with van der Waals surface area (Å²) >= 11 is 0. The quantitative estimate of drug-likeness (QED) is 0.152. The molecule has 4 rings (SSSR count). The molecule has 0 unspecified atom stereocenters. The normalized spacial score (nSPS) is 29.3. The van der Waals surface area contributed by atoms with Crippen LogP contribution in [0.1, 0.15) is 56.3 Å². The van der Waals surface area contributed by atoms with Crippen LogP contribution < -0.4 is 9.47 Å². The number of aromatic carboxylic acids is 2. The van der Waals surface area contributed by atoms with Gasteiger partial charge in [-0.3, -0.25) is 0 Å². The first-order valence-electron chi connectivity index (χ1n) is 14.2. The van der Waals surface area contributed by atoms with Crippen LogP contribution in [0.5, 0.6) is 11.5 Å². The summed E-state index contributed by atoms with van der Waals surface area (Å²) in [6.07, 6.45) is -10.5. The zero-order chi connectivity index (χ0) is 34.5. The van der Waals surface area contributed by atoms with Crippen molar-refractivity contribution in [3.8, 4) is 11.5 Å². The van der Waals surface area contributed by atoms with E-state index in [1.807, 2.05) is 0 Å². The van der Waals surface area contributed by atoms with Crippen molar-refractivity contribution >= 4 is 11.9 Å². The molecule has 2 aliphatic rings. The molecule has 0 aliphatic carbocycles. The van der Waals surface area contributed by atoms with Gasteiger partial charge in [-0.05, 0) is 56.2 Å². The average Bonchev–Trinajstić information content (AvgIpc) is 3.01. The topological polar surface area (TPSA) is 273 Å². The molecular weight excluding hydrogens is 616 g/mol. The summed E-state index contributed by atoms with van der Waals surface area (Å²) in [7, 11) is 0. The Hall–Kier alpha value is -3.42. The first-order chi connectivity index (χ1) is 21.6. The fourth-order valence-corrected chi connectivity index (χ4v) is 5.01. The molecule has 9 atom stereocenters. The molecule has 0 bridgehead atoms. The highest BCUT2D eigenvalue weighted by Gasteiger charge is 2.43. The van der Waals surface area contributed by atoms with Crippen molar-refractivity contribution in [3.63, 3.8) is 0 Å². The molecule has 2 heterocycles. The summed E-state index contributed by atoms with van der Waals surface area (Å²) in [6, 6.07) is 5.31. The van der Waals surface area contributed by atoms with Crippen molar-refractivity contribution in [2.45, 2.75) is 95.7 Å². The summed E-state index contributed by atoms with van der Waals surface area (Å²) in [5, 5.41) is 95.0. The van der Waals surface area contributed by atoms with Crippen LogP contribution in [-0.2, 0) is 22.7 Å². The van der Waals surface area contributed by atoms with Crippen LogP contribution in [0.2, 0.25) is 0 Å². The monoisotopic (exact) mass is 656 g/mol. The van der Waals surface area contributed by atoms with E-state index in [0.29, 0.717) is 11.1 Å². The minimum absolute atomic E-state index is 0.00663. The van der Waals surface area contributed by atoms with Crippen molar-refractivity contribution in [1.29, 1.82) is 0 Å². The molecule has 0 radical (unpaired) electrons. The number of hydrogen-bond acceptors (Lipinski definition) is 14. The Morgan fingerprint density at radius 2 is 1.24 bits per heavy atom. The molecule has 256 valence electrons. The number of carbonyl (C=O) groups is 2. The molecule has 10 N–H and O–H groups in total. The van der Waals surface area contributed by atoms with Crippen LogP contribution in [0.3, 0.4) is 0 Å². The van der Waals surface area contributed by atoms with Gasteiger partial charge in [-0.25, -0.2) is 9.59 Å². The summed E-state index contributed by atoms with van der Waals surface area (Å²) < 4.78 is 21.9. The first-order valence-corrected chi connectivity index (χ1v) is 14.2. The number of aliphatic hydroxyl groups excluding tert-OH is 8. The Labute approximate surface area is 263 Å². The van der Waals surface area contributed by atoms with E-state index in [1.165, 1.54) is 31.2 Å². The third-order valence-electron chi connectivity index (χ3n) is 7.54. The molecule has 2 saturated heterocycles. The number of ether oxygens (including phenoxy) is 4. The summed E-state index contributed by atoms with van der Waals surface area (Å²) in [5.41, 5.74) is 1.41. The Morgan fingerprint density at radius 1 is 0.739 bits per heavy atom. The lowest BCUT2D eigenvalue weighted by atomic mass is 10.00. The van der Waals surface area contributed by atoms with Gasteiger partial charge in [0.25, 0.3) is 0 Å². The van der Waals surface area contributed by atoms with Gasteiger partial charge in [0.15, 0.2) is 0 Å². The predicted molar refractivity (Wildman–Crippen MR) is 154 cm³/mol. The van der Waals surface area contributed by atoms with Crippen LogP contribution in [0.25, 0.3) is 0 Å². The molecule has 46 heavy (non-hydrogen) atoms. The molecular formula is C30H40O16. The van der Waals surface area contributed by atoms with Gasteiger partial charge >= 0.3 is 11.9 Å². The second kappa shape index (κ2) is 15.9. The fraction of sp³-hybridized carbons (Fsp3) is 0.533. The van der Waals surface area contributed by atoms with Gasteiger partial charge in [0, 0.05) is 17.5 Å². The number of aliphatic hydroxyl groups is 8. The van der Waals surface area contributed by atoms with E-state index in [-0.39, 0.29) is 40.2 Å². The number of carboxylic acids is 2. The zero-order valence-electron chi connectivity index (χ0n) is 25.3. The van der Waals surface area contributed by atoms with Gasteiger partial charge in [-0.2, -0.15) is 0 Å². The Morgan fingerprint density at radius 3 is 1.70 bits per heavy atom. The van der Waals surface area contributed by atoms with Crippen molar-refractivity contribution < 1.29 is 79.6 Å². The summed E-state index contributed by atoms with van der Waals surface area (Å²) in [5.74, 6) is -1.85. The van der Waals surface area contributed by atoms with Crippen LogP contribution in [0.15, 0.2) is 24.3 Å². The van der Waals surface area contributed by atoms with E-state index in [2.05, 4.69) is 0 Å². The fourth-order valence-electron chi connectivity index (χ4n) is 5.01. The van der Waals surface area contributed by atoms with Crippen molar-refractivity contribution in [2.75, 3.05) is 6.61 Å². The highest BCUT2D eigenvalue weighted by molar-refractivity contribution is 5.89. The lowest BCUT2D eigenvalue weighted by molar-refractivity contribution is -0.268. The van der Waals surface area contributed by atoms with Crippen LogP contribution in [0, 0.1) is 13.8 Å². The molecule has 2 fully saturated rings. The molecule has 2 aromatic rings. The Bertz CT molecular complexity index is 1360. The zero-order valence-corrected chi connectivity index (χ0v) is 25.3. The Balaban J connectivity index is 0.000000250. The maximum absolute atomic E-state index is 11.0. The second-order valence-electron chi connectivity index (χ2n) is 11.0. The van der Waals surface area contributed by atoms with Crippen molar-refractivity contribution in [2.24, 2.45) is 0 Å². The molecule has 0 aromatic heterocycles. The molecule has 16 heteroatoms. The standard InChI is InChI=1S/2C15H20O8/c1-7-2-8(15(20)21)3-9(5-16)14(7)23-12-4-10(18)13(19)11(6-17)22-12;1-6-3-8(14(20)21)4-9(5-16)13(6)23-15-12(19)11(18)10(17)7(2)22-15/h2-3,10-13,16-19H,4-6H2,1H3,(H,20,21);3-4,7,10-12,15-19H,5H2,1-2H3,(H,20,21)/t10-,11-,12+,13+;7-,10-,11+,12+,15-/m10/s1. The van der Waals surface area contributed by atoms with E-state index in [0.717, 1.165) is 0 Å². The van der Waals surface area contributed by atoms with E-state index in [1.54, 1.807) is 13.8 Å². The Kier molecular flexibility index (Phi) is 12.8. The summed E-state index contributed by atoms with van der Waals surface area (Å²) in [6.45, 7) is 3.34. The molecule has 2 aromatic carbocycles. The highest BCUT2D eigenvalue weighted by atomic mass is 16.7. The molecule has 16 nitrogen and oxygen atoms in total. The lowest BCUT2D eigenvalue weighted by Gasteiger charge is -2.39. The van der Waals surface area contributed by atoms with E-state index < -0.39 is 87.1 Å². The number of aryl methyl sites for hydroxylation is 2. The van der Waals surface area contributed by atoms with Crippen molar-refractivity contribution in [1.82, 2.24) is 0 Å². The van der Waals surface area contributed by atoms with Gasteiger partial charge in [0.1, 0.15) is 42.0 Å². The molecule has 2 aliphatic heterocycles. The van der Waals surface area contributed by atoms with Crippen LogP contribution >= 0.6 is 0 Å². The second-order valence-corrected chi connectivity index (χ2v) is 11.0. The maximum atomic E-state index is 11.0. The molecule has 0 spiro atoms. The van der Waals surface area contributed by atoms with Gasteiger partial charge in [0.2, 0.25) is 12.6 Å². The number of rotatable bonds is 9. The maximum Gasteiger partial charge on any atom is 0.335 e. The third kappa shape index (κ3) is 8.48. The number of hydrogen-bond donors (Lipinski definition) is 10. The van der Waals surface area contributed by atoms with Gasteiger partial charge in [-0.15, -0.1) is 0 Å². The number of carboxylic acid groups (broad SMARTS) is 2. The van der Waals surface area contributed by atoms with Crippen LogP contribution in [0.4, 0.5) is 0 Å². The smallest absolute Gasteiger partial charge is 0.335 e. The molecule has 0 amide bonds. The largest absolute Gasteiger partial charge is 0.478 e. The first kappa shape index (κ1) is 37.0. The van der Waals surface area contributed by atoms with Gasteiger partial charge < -0.3 is 70.0 Å². The number of benzene rings is 2. The van der Waals surface area contributed by atoms with Crippen molar-refractivity contribution in [3.05, 3.63) is 57.6 Å². The summed E-state index contributed by atoms with van der Waals surface area (Å²) in [4.78, 5) is 22.1. The van der Waals surface area contributed by atoms with Gasteiger partial charge in [0.05, 0.1) is 43.2 Å². The predicted octanol–water partition coefficient (Wildman–Crippen LogP) is -1.21. The molecule has 0 saturated carbocycles. The third-order valence-corrected chi connectivity index (χ3v) is 7.54. The SMILES string of the molecule is Cc1cc(C(=O)O)cc(CO)c1O[C@@H]1O[C@@H](C)[C@H](O)[C@@H](O)[C@H]1O.Cc1cc(C(=O)O)cc(CO)c1O[C@H]1C[C@@H](O)[C@H](O)[C@@H](CO)O1. The minimum atomic E-state index is -1.49.